The first-order chi connectivity index (χ1) is 32.3. The maximum atomic E-state index is 15.0. The van der Waals surface area contributed by atoms with Gasteiger partial charge in [-0.25, -0.2) is 9.59 Å². The van der Waals surface area contributed by atoms with Gasteiger partial charge < -0.3 is 34.2 Å². The lowest BCUT2D eigenvalue weighted by molar-refractivity contribution is -0.217. The molecule has 0 bridgehead atoms. The minimum absolute atomic E-state index is 0.0364. The number of carbonyl (C=O) groups excluding carboxylic acids is 2. The first kappa shape index (κ1) is 69.6. The van der Waals surface area contributed by atoms with Crippen molar-refractivity contribution >= 4 is 130 Å². The van der Waals surface area contributed by atoms with Gasteiger partial charge in [-0.2, -0.15) is 0 Å². The summed E-state index contributed by atoms with van der Waals surface area (Å²) in [5.41, 5.74) is -3.39. The van der Waals surface area contributed by atoms with E-state index < -0.39 is 111 Å². The molecule has 4 unspecified atom stereocenters. The van der Waals surface area contributed by atoms with Crippen LogP contribution in [0.5, 0.6) is 0 Å². The summed E-state index contributed by atoms with van der Waals surface area (Å²) >= 11 is 0. The van der Waals surface area contributed by atoms with Crippen molar-refractivity contribution in [3.8, 4) is 0 Å². The third kappa shape index (κ3) is 14.1. The van der Waals surface area contributed by atoms with Gasteiger partial charge >= 0.3 is 29.5 Å². The van der Waals surface area contributed by atoms with E-state index in [1.807, 2.05) is 0 Å². The van der Waals surface area contributed by atoms with E-state index in [1.165, 1.54) is 12.2 Å². The standard InChI is InChI=1S/C48H116O10Si14/c1-31-69(27,28)57-71(55-67(21,22)23,53-65-61-59-62-65)43(15,16)45(19,35(3)4)47(37(7)8,38(9)10)51-41(49)33-34-42(50)52-48(39(11)12,40(13)14)46(20,36(5)6)44(17,18)72(56-68(24,25)26,54-66-63-60-64-66)58-70(29,30)32-2/h33-40,65-66H,31-32,59-64H2,1-30H3/b34-33+. The maximum Gasteiger partial charge on any atom is 0.475 e. The van der Waals surface area contributed by atoms with Crippen LogP contribution >= 0.6 is 0 Å². The van der Waals surface area contributed by atoms with Gasteiger partial charge in [0.25, 0.3) is 0 Å². The van der Waals surface area contributed by atoms with E-state index in [0.29, 0.717) is 0 Å². The summed E-state index contributed by atoms with van der Waals surface area (Å²) < 4.78 is 60.8. The van der Waals surface area contributed by atoms with Crippen LogP contribution in [0.4, 0.5) is 0 Å². The normalized spacial score (nSPS) is 23.7. The number of carbonyl (C=O) groups is 2. The molecular weight excluding hydrogens is 1130 g/mol. The lowest BCUT2D eigenvalue weighted by atomic mass is 9.52. The van der Waals surface area contributed by atoms with Crippen molar-refractivity contribution < 1.29 is 43.8 Å². The van der Waals surface area contributed by atoms with Crippen molar-refractivity contribution in [2.24, 2.45) is 46.3 Å². The number of esters is 2. The summed E-state index contributed by atoms with van der Waals surface area (Å²) in [6.07, 6.45) is 2.70. The maximum absolute atomic E-state index is 15.0. The lowest BCUT2D eigenvalue weighted by Crippen LogP contribution is -2.75. The van der Waals surface area contributed by atoms with Crippen LogP contribution in [-0.4, -0.2) is 141 Å². The minimum Gasteiger partial charge on any atom is -0.455 e. The molecule has 0 aromatic carbocycles. The smallest absolute Gasteiger partial charge is 0.455 e. The third-order valence-corrected chi connectivity index (χ3v) is 194. The monoisotopic (exact) mass is 1240 g/mol. The van der Waals surface area contributed by atoms with E-state index in [0.717, 1.165) is 12.1 Å². The quantitative estimate of drug-likeness (QED) is 0.0401. The van der Waals surface area contributed by atoms with Crippen LogP contribution in [0.3, 0.4) is 0 Å². The molecule has 0 saturated carbocycles. The summed E-state index contributed by atoms with van der Waals surface area (Å²) in [7, 11) is -18.5. The van der Waals surface area contributed by atoms with E-state index in [2.05, 4.69) is 204 Å². The van der Waals surface area contributed by atoms with Crippen LogP contribution in [0.1, 0.15) is 138 Å². The van der Waals surface area contributed by atoms with Gasteiger partial charge in [0.15, 0.2) is 33.3 Å². The molecule has 2 heterocycles. The highest BCUT2D eigenvalue weighted by atomic mass is 30.1. The molecule has 10 nitrogen and oxygen atoms in total. The molecular formula is C48H116O10Si14. The predicted molar refractivity (Wildman–Crippen MR) is 346 cm³/mol. The van der Waals surface area contributed by atoms with Crippen molar-refractivity contribution in [2.45, 2.75) is 237 Å². The Hall–Kier alpha value is 1.48. The predicted octanol–water partition coefficient (Wildman–Crippen LogP) is 7.85. The molecule has 4 atom stereocenters. The summed E-state index contributed by atoms with van der Waals surface area (Å²) in [6, 6.07) is 1.92. The molecule has 2 fully saturated rings. The number of rotatable bonds is 30. The molecule has 2 saturated heterocycles. The summed E-state index contributed by atoms with van der Waals surface area (Å²) in [5.74, 6) is -1.43. The molecule has 2 rings (SSSR count). The Morgan fingerprint density at radius 2 is 0.694 bits per heavy atom. The zero-order chi connectivity index (χ0) is 56.5. The van der Waals surface area contributed by atoms with Crippen LogP contribution in [0.2, 0.25) is 87.6 Å². The molecule has 2 aliphatic rings. The largest absolute Gasteiger partial charge is 0.475 e. The van der Waals surface area contributed by atoms with Crippen LogP contribution in [0, 0.1) is 46.3 Å². The SMILES string of the molecule is CC[Si](C)(C)O[Si](O[SiH]1[SiH2][SiH2][SiH2]1)(O[Si](C)(C)C)C(C)(C)C(C)(C(C)C)C(OC(=O)/C=C/C(=O)OC(C(C)C)(C(C)C)C(C)(C(C)C)C(C)(C)[Si](O[SiH]1[SiH2][SiH2][SiH2]1)(O[Si](C)(C)C)O[Si](C)(C)CC)(C(C)C)C(C)C. The lowest BCUT2D eigenvalue weighted by Gasteiger charge is -2.65. The summed E-state index contributed by atoms with van der Waals surface area (Å²) in [4.78, 5) is 30.1. The second kappa shape index (κ2) is 25.1. The molecule has 0 N–H and O–H groups in total. The summed E-state index contributed by atoms with van der Waals surface area (Å²) in [5, 5.41) is -1.29. The van der Waals surface area contributed by atoms with Gasteiger partial charge in [-0.05, 0) is 130 Å². The van der Waals surface area contributed by atoms with Gasteiger partial charge in [-0.3, -0.25) is 0 Å². The third-order valence-electron chi connectivity index (χ3n) is 18.5. The van der Waals surface area contributed by atoms with Crippen LogP contribution in [0.25, 0.3) is 0 Å². The van der Waals surface area contributed by atoms with Crippen LogP contribution < -0.4 is 0 Å². The number of hydrogen-bond donors (Lipinski definition) is 0. The Bertz CT molecular complexity index is 1680. The Labute approximate surface area is 466 Å². The first-order valence-electron chi connectivity index (χ1n) is 28.6. The molecule has 2 aliphatic heterocycles. The van der Waals surface area contributed by atoms with Gasteiger partial charge in [0.1, 0.15) is 27.4 Å². The van der Waals surface area contributed by atoms with E-state index in [-0.39, 0.29) is 86.8 Å². The molecule has 0 amide bonds. The number of hydrogen-bond acceptors (Lipinski definition) is 10. The van der Waals surface area contributed by atoms with Gasteiger partial charge in [0.2, 0.25) is 0 Å². The summed E-state index contributed by atoms with van der Waals surface area (Å²) in [6.45, 7) is 68.4. The Morgan fingerprint density at radius 3 is 0.861 bits per heavy atom. The fourth-order valence-electron chi connectivity index (χ4n) is 12.9. The van der Waals surface area contributed by atoms with E-state index in [4.69, 9.17) is 34.2 Å². The average molecular weight is 1250 g/mol. The Balaban J connectivity index is 2.98. The van der Waals surface area contributed by atoms with Crippen LogP contribution in [0.15, 0.2) is 12.2 Å². The van der Waals surface area contributed by atoms with Crippen molar-refractivity contribution in [2.75, 3.05) is 0 Å². The first-order valence-corrected chi connectivity index (χ1v) is 75.1. The van der Waals surface area contributed by atoms with Crippen molar-refractivity contribution in [3.05, 3.63) is 12.2 Å². The molecule has 424 valence electrons. The zero-order valence-corrected chi connectivity index (χ0v) is 69.3. The molecule has 0 spiro atoms. The zero-order valence-electron chi connectivity index (χ0n) is 52.5. The molecule has 0 aliphatic carbocycles. The van der Waals surface area contributed by atoms with E-state index in [9.17, 15) is 0 Å². The fraction of sp³-hybridized carbons (Fsp3) is 0.917. The highest BCUT2D eigenvalue weighted by Crippen LogP contribution is 2.69. The van der Waals surface area contributed by atoms with Gasteiger partial charge in [0.05, 0.1) is 0 Å². The van der Waals surface area contributed by atoms with Crippen molar-refractivity contribution in [1.29, 1.82) is 0 Å². The van der Waals surface area contributed by atoms with E-state index in [1.54, 1.807) is 0 Å². The highest BCUT2D eigenvalue weighted by Gasteiger charge is 2.76. The number of ether oxygens (including phenoxy) is 2. The topological polar surface area (TPSA) is 108 Å². The van der Waals surface area contributed by atoms with Crippen LogP contribution in [-0.2, 0) is 43.8 Å². The Morgan fingerprint density at radius 1 is 0.444 bits per heavy atom. The van der Waals surface area contributed by atoms with Gasteiger partial charge in [0, 0.05) is 67.3 Å². The molecule has 0 radical (unpaired) electrons. The highest BCUT2D eigenvalue weighted by molar-refractivity contribution is 7.80. The molecule has 0 aromatic rings. The van der Waals surface area contributed by atoms with Gasteiger partial charge in [-0.15, -0.1) is 0 Å². The van der Waals surface area contributed by atoms with Gasteiger partial charge in [-0.1, -0.05) is 138 Å². The average Bonchev–Trinajstić information content (AvgIpc) is 3.17. The fourth-order valence-corrected chi connectivity index (χ4v) is 128. The Kier molecular flexibility index (Phi) is 24.2. The minimum atomic E-state index is -3.50. The van der Waals surface area contributed by atoms with E-state index >= 15 is 9.59 Å². The van der Waals surface area contributed by atoms with Crippen molar-refractivity contribution in [1.82, 2.24) is 0 Å². The second-order valence-corrected chi connectivity index (χ2v) is 124. The van der Waals surface area contributed by atoms with Crippen molar-refractivity contribution in [3.63, 3.8) is 0 Å². The molecule has 0 aromatic heterocycles. The molecule has 24 heteroatoms. The second-order valence-electron chi connectivity index (χ2n) is 28.7. The molecule has 72 heavy (non-hydrogen) atoms.